The Balaban J connectivity index is 1.49. The van der Waals surface area contributed by atoms with Crippen LogP contribution in [0.2, 0.25) is 0 Å². The summed E-state index contributed by atoms with van der Waals surface area (Å²) in [6.45, 7) is 0.663. The lowest BCUT2D eigenvalue weighted by atomic mass is 9.99. The first-order valence-corrected chi connectivity index (χ1v) is 10.2. The molecule has 6 heteroatoms. The Labute approximate surface area is 167 Å². The van der Waals surface area contributed by atoms with E-state index < -0.39 is 0 Å². The third kappa shape index (κ3) is 4.00. The highest BCUT2D eigenvalue weighted by Crippen LogP contribution is 2.30. The Morgan fingerprint density at radius 3 is 2.85 bits per heavy atom. The van der Waals surface area contributed by atoms with Gasteiger partial charge in [-0.1, -0.05) is 34.5 Å². The summed E-state index contributed by atoms with van der Waals surface area (Å²) in [6.07, 6.45) is 4.99. The normalized spacial score (nSPS) is 18.6. The molecule has 2 aromatic rings. The van der Waals surface area contributed by atoms with Gasteiger partial charge in [-0.2, -0.15) is 0 Å². The summed E-state index contributed by atoms with van der Waals surface area (Å²) in [5, 5.41) is 8.83. The van der Waals surface area contributed by atoms with Crippen molar-refractivity contribution in [1.29, 1.82) is 0 Å². The van der Waals surface area contributed by atoms with Crippen molar-refractivity contribution in [2.75, 3.05) is 11.9 Å². The first-order valence-electron chi connectivity index (χ1n) is 9.37. The average Bonchev–Trinajstić information content (AvgIpc) is 2.84. The zero-order chi connectivity index (χ0) is 18.8. The molecule has 5 nitrogen and oxygen atoms in total. The van der Waals surface area contributed by atoms with Gasteiger partial charge in [-0.05, 0) is 66.6 Å². The van der Waals surface area contributed by atoms with Crippen molar-refractivity contribution in [3.8, 4) is 0 Å². The average molecular weight is 428 g/mol. The molecule has 1 aliphatic heterocycles. The van der Waals surface area contributed by atoms with Gasteiger partial charge in [0.15, 0.2) is 0 Å². The summed E-state index contributed by atoms with van der Waals surface area (Å²) in [4.78, 5) is 24.6. The molecule has 1 heterocycles. The lowest BCUT2D eigenvalue weighted by Crippen LogP contribution is -2.34. The Bertz CT molecular complexity index is 897. The van der Waals surface area contributed by atoms with Gasteiger partial charge in [0, 0.05) is 22.3 Å². The van der Waals surface area contributed by atoms with Crippen molar-refractivity contribution in [3.63, 3.8) is 0 Å². The Morgan fingerprint density at radius 2 is 1.96 bits per heavy atom. The molecule has 3 N–H and O–H groups in total. The van der Waals surface area contributed by atoms with Crippen LogP contribution in [0.25, 0.3) is 0 Å². The van der Waals surface area contributed by atoms with Gasteiger partial charge in [0.2, 0.25) is 0 Å². The molecule has 4 rings (SSSR count). The molecule has 0 spiro atoms. The van der Waals surface area contributed by atoms with Crippen LogP contribution in [0.5, 0.6) is 0 Å². The number of rotatable bonds is 2. The van der Waals surface area contributed by atoms with E-state index in [4.69, 9.17) is 0 Å². The monoisotopic (exact) mass is 427 g/mol. The van der Waals surface area contributed by atoms with Crippen LogP contribution in [0.15, 0.2) is 40.9 Å². The Morgan fingerprint density at radius 1 is 1.07 bits per heavy atom. The van der Waals surface area contributed by atoms with E-state index >= 15 is 0 Å². The molecule has 0 radical (unpaired) electrons. The van der Waals surface area contributed by atoms with Crippen molar-refractivity contribution in [3.05, 3.63) is 63.1 Å². The number of nitrogens with one attached hydrogen (secondary N) is 3. The van der Waals surface area contributed by atoms with E-state index in [1.54, 1.807) is 6.07 Å². The maximum atomic E-state index is 12.6. The molecule has 27 heavy (non-hydrogen) atoms. The fraction of sp³-hybridized carbons (Fsp3) is 0.333. The van der Waals surface area contributed by atoms with E-state index in [1.165, 1.54) is 11.1 Å². The summed E-state index contributed by atoms with van der Waals surface area (Å²) in [5.74, 6) is -0.0800. The van der Waals surface area contributed by atoms with Crippen LogP contribution < -0.4 is 16.0 Å². The number of carbonyl (C=O) groups excluding carboxylic acids is 2. The van der Waals surface area contributed by atoms with Crippen molar-refractivity contribution >= 4 is 33.6 Å². The minimum absolute atomic E-state index is 0.00322. The van der Waals surface area contributed by atoms with Crippen LogP contribution in [0.3, 0.4) is 0 Å². The van der Waals surface area contributed by atoms with E-state index in [1.807, 2.05) is 18.2 Å². The number of hydrogen-bond donors (Lipinski definition) is 3. The number of benzene rings is 2. The SMILES string of the molecule is O=C(Nc1ccc2c(c1)C(=O)NCC2)NC1CCCCc2cc(Br)ccc21. The predicted octanol–water partition coefficient (Wildman–Crippen LogP) is 4.32. The molecular formula is C21H22BrN3O2. The summed E-state index contributed by atoms with van der Waals surface area (Å²) < 4.78 is 1.07. The van der Waals surface area contributed by atoms with Crippen molar-refractivity contribution in [2.24, 2.45) is 0 Å². The Hall–Kier alpha value is -2.34. The largest absolute Gasteiger partial charge is 0.352 e. The quantitative estimate of drug-likeness (QED) is 0.624. The second kappa shape index (κ2) is 7.72. The van der Waals surface area contributed by atoms with Gasteiger partial charge in [0.1, 0.15) is 0 Å². The van der Waals surface area contributed by atoms with Gasteiger partial charge >= 0.3 is 6.03 Å². The number of amides is 3. The molecule has 140 valence electrons. The lowest BCUT2D eigenvalue weighted by molar-refractivity contribution is 0.0946. The maximum Gasteiger partial charge on any atom is 0.319 e. The molecule has 0 bridgehead atoms. The first-order chi connectivity index (χ1) is 13.1. The van der Waals surface area contributed by atoms with Gasteiger partial charge in [0.25, 0.3) is 5.91 Å². The third-order valence-corrected chi connectivity index (χ3v) is 5.76. The van der Waals surface area contributed by atoms with E-state index in [-0.39, 0.29) is 18.0 Å². The molecule has 0 fully saturated rings. The first kappa shape index (κ1) is 18.0. The molecular weight excluding hydrogens is 406 g/mol. The zero-order valence-corrected chi connectivity index (χ0v) is 16.6. The predicted molar refractivity (Wildman–Crippen MR) is 109 cm³/mol. The lowest BCUT2D eigenvalue weighted by Gasteiger charge is -2.21. The molecule has 2 aliphatic rings. The molecule has 0 saturated carbocycles. The highest BCUT2D eigenvalue weighted by Gasteiger charge is 2.21. The second-order valence-corrected chi connectivity index (χ2v) is 8.03. The fourth-order valence-electron chi connectivity index (χ4n) is 3.92. The van der Waals surface area contributed by atoms with E-state index in [9.17, 15) is 9.59 Å². The van der Waals surface area contributed by atoms with Crippen molar-refractivity contribution < 1.29 is 9.59 Å². The smallest absolute Gasteiger partial charge is 0.319 e. The van der Waals surface area contributed by atoms with Crippen molar-refractivity contribution in [2.45, 2.75) is 38.1 Å². The van der Waals surface area contributed by atoms with E-state index in [0.717, 1.165) is 42.1 Å². The van der Waals surface area contributed by atoms with Gasteiger partial charge in [-0.3, -0.25) is 4.79 Å². The number of anilines is 1. The highest BCUT2D eigenvalue weighted by molar-refractivity contribution is 9.10. The van der Waals surface area contributed by atoms with Crippen LogP contribution in [-0.2, 0) is 12.8 Å². The zero-order valence-electron chi connectivity index (χ0n) is 15.0. The summed E-state index contributed by atoms with van der Waals surface area (Å²) >= 11 is 3.53. The van der Waals surface area contributed by atoms with E-state index in [2.05, 4.69) is 44.0 Å². The Kier molecular flexibility index (Phi) is 5.16. The van der Waals surface area contributed by atoms with Gasteiger partial charge in [-0.15, -0.1) is 0 Å². The number of halogens is 1. The van der Waals surface area contributed by atoms with Gasteiger partial charge < -0.3 is 16.0 Å². The topological polar surface area (TPSA) is 70.2 Å². The standard InChI is InChI=1S/C21H22BrN3O2/c22-15-6-8-17-14(11-15)3-1-2-4-19(17)25-21(27)24-16-7-5-13-9-10-23-20(26)18(13)12-16/h5-8,11-12,19H,1-4,9-10H2,(H,23,26)(H2,24,25,27). The van der Waals surface area contributed by atoms with Crippen LogP contribution in [0, 0.1) is 0 Å². The van der Waals surface area contributed by atoms with Gasteiger partial charge in [-0.25, -0.2) is 4.79 Å². The number of fused-ring (bicyclic) bond motifs is 2. The molecule has 1 unspecified atom stereocenters. The summed E-state index contributed by atoms with van der Waals surface area (Å²) in [5.41, 5.74) is 4.78. The molecule has 0 saturated heterocycles. The molecule has 0 aromatic heterocycles. The fourth-order valence-corrected chi connectivity index (χ4v) is 4.32. The van der Waals surface area contributed by atoms with Crippen LogP contribution in [0.4, 0.5) is 10.5 Å². The van der Waals surface area contributed by atoms with E-state index in [0.29, 0.717) is 17.8 Å². The summed E-state index contributed by atoms with van der Waals surface area (Å²) in [7, 11) is 0. The van der Waals surface area contributed by atoms with Crippen LogP contribution in [0.1, 0.15) is 52.4 Å². The van der Waals surface area contributed by atoms with Crippen molar-refractivity contribution in [1.82, 2.24) is 10.6 Å². The number of carbonyl (C=O) groups is 2. The van der Waals surface area contributed by atoms with Crippen LogP contribution in [-0.4, -0.2) is 18.5 Å². The minimum atomic E-state index is -0.244. The minimum Gasteiger partial charge on any atom is -0.352 e. The third-order valence-electron chi connectivity index (χ3n) is 5.27. The number of urea groups is 1. The molecule has 2 aromatic carbocycles. The maximum absolute atomic E-state index is 12.6. The van der Waals surface area contributed by atoms with Gasteiger partial charge in [0.05, 0.1) is 6.04 Å². The second-order valence-electron chi connectivity index (χ2n) is 7.12. The number of aryl methyl sites for hydroxylation is 1. The van der Waals surface area contributed by atoms with Crippen LogP contribution >= 0.6 is 15.9 Å². The highest BCUT2D eigenvalue weighted by atomic mass is 79.9. The summed E-state index contributed by atoms with van der Waals surface area (Å²) in [6, 6.07) is 11.6. The molecule has 3 amide bonds. The number of hydrogen-bond acceptors (Lipinski definition) is 2. The molecule has 1 atom stereocenters. The molecule has 1 aliphatic carbocycles.